The maximum Gasteiger partial charge on any atom is 0.410 e. The van der Waals surface area contributed by atoms with E-state index in [1.165, 1.54) is 0 Å². The summed E-state index contributed by atoms with van der Waals surface area (Å²) in [7, 11) is 4.09. The average molecular weight is 716 g/mol. The third-order valence-corrected chi connectivity index (χ3v) is 9.96. The quantitative estimate of drug-likeness (QED) is 0.306. The Kier molecular flexibility index (Phi) is 8.46. The number of pyridine rings is 1. The molecular formula is C27H36BrFIN7O2. The van der Waals surface area contributed by atoms with E-state index in [-0.39, 0.29) is 29.6 Å². The zero-order chi connectivity index (χ0) is 28.9. The van der Waals surface area contributed by atoms with Crippen molar-refractivity contribution in [2.75, 3.05) is 49.7 Å². The maximum atomic E-state index is 15.5. The van der Waals surface area contributed by atoms with Gasteiger partial charge in [0.15, 0.2) is 11.6 Å². The number of ether oxygens (including phenoxy) is 1. The number of fused-ring (bicyclic) bond motifs is 1. The lowest BCUT2D eigenvalue weighted by atomic mass is 9.90. The number of likely N-dealkylation sites (N-methyl/N-ethyl adjacent to an activating group) is 1. The zero-order valence-electron chi connectivity index (χ0n) is 23.2. The number of nitrogen functional groups attached to an aromatic ring is 1. The van der Waals surface area contributed by atoms with Gasteiger partial charge in [0, 0.05) is 40.7 Å². The number of nitrogens with zero attached hydrogens (tertiary/aromatic N) is 5. The predicted molar refractivity (Wildman–Crippen MR) is 164 cm³/mol. The third kappa shape index (κ3) is 6.00. The Bertz CT molecular complexity index is 1320. The molecule has 3 N–H and O–H groups in total. The van der Waals surface area contributed by atoms with Gasteiger partial charge < -0.3 is 30.5 Å². The number of benzene rings is 1. The number of rotatable bonds is 5. The van der Waals surface area contributed by atoms with Gasteiger partial charge in [0.25, 0.3) is 0 Å². The van der Waals surface area contributed by atoms with Crippen LogP contribution in [0.5, 0.6) is 0 Å². The van der Waals surface area contributed by atoms with E-state index in [2.05, 4.69) is 66.6 Å². The number of anilines is 3. The summed E-state index contributed by atoms with van der Waals surface area (Å²) >= 11 is 5.45. The van der Waals surface area contributed by atoms with Crippen molar-refractivity contribution >= 4 is 72.7 Å². The lowest BCUT2D eigenvalue weighted by Crippen LogP contribution is -2.67. The predicted octanol–water partition coefficient (Wildman–Crippen LogP) is 5.56. The topological polar surface area (TPSA) is 111 Å². The van der Waals surface area contributed by atoms with Gasteiger partial charge in [-0.05, 0) is 99.2 Å². The van der Waals surface area contributed by atoms with Crippen molar-refractivity contribution in [3.05, 3.63) is 19.9 Å². The molecule has 2 atom stereocenters. The Labute approximate surface area is 251 Å². The molecule has 2 unspecified atom stereocenters. The molecule has 12 heteroatoms. The summed E-state index contributed by atoms with van der Waals surface area (Å²) in [6.07, 6.45) is 0.925. The molecule has 0 saturated carbocycles. The van der Waals surface area contributed by atoms with Crippen LogP contribution in [-0.4, -0.2) is 77.8 Å². The molecule has 39 heavy (non-hydrogen) atoms. The van der Waals surface area contributed by atoms with Crippen molar-refractivity contribution < 1.29 is 13.9 Å². The molecule has 212 valence electrons. The highest BCUT2D eigenvalue weighted by atomic mass is 127. The Morgan fingerprint density at radius 3 is 2.69 bits per heavy atom. The first-order valence-electron chi connectivity index (χ1n) is 13.0. The second-order valence-electron chi connectivity index (χ2n) is 11.9. The second-order valence-corrected chi connectivity index (χ2v) is 13.9. The summed E-state index contributed by atoms with van der Waals surface area (Å²) in [4.78, 5) is 23.5. The maximum absolute atomic E-state index is 15.5. The lowest BCUT2D eigenvalue weighted by Gasteiger charge is -2.52. The summed E-state index contributed by atoms with van der Waals surface area (Å²) in [6, 6.07) is 3.69. The number of carbonyl (C=O) groups excluding carboxylic acids is 1. The molecule has 2 saturated heterocycles. The minimum absolute atomic E-state index is 0.0269. The van der Waals surface area contributed by atoms with Crippen LogP contribution in [0.25, 0.3) is 10.9 Å². The van der Waals surface area contributed by atoms with Crippen molar-refractivity contribution in [3.8, 4) is 6.07 Å². The Balaban J connectivity index is 1.68. The second kappa shape index (κ2) is 11.0. The van der Waals surface area contributed by atoms with E-state index in [0.29, 0.717) is 63.1 Å². The standard InChI is InChI=1S/C27H36BrFIN7O2/c1-26(2,3)39-25(38)37-10-8-15(11-16(37)7-9-31)33-23-17-12-18(30)19(28)20(29)22(17)34-24(21(23)32)36-13-27(4,14-36)35(5)6/h12,15-16H,7-8,10-11,13-14,32H2,1-6H3,(H,33,34). The van der Waals surface area contributed by atoms with Crippen LogP contribution in [0.15, 0.2) is 10.5 Å². The fraction of sp³-hybridized carbons (Fsp3) is 0.593. The van der Waals surface area contributed by atoms with Gasteiger partial charge in [-0.25, -0.2) is 14.2 Å². The molecule has 3 heterocycles. The largest absolute Gasteiger partial charge is 0.444 e. The van der Waals surface area contributed by atoms with Gasteiger partial charge in [-0.2, -0.15) is 5.26 Å². The highest BCUT2D eigenvalue weighted by Gasteiger charge is 2.43. The van der Waals surface area contributed by atoms with Crippen molar-refractivity contribution in [1.29, 1.82) is 5.26 Å². The van der Waals surface area contributed by atoms with Gasteiger partial charge in [0.1, 0.15) is 11.1 Å². The van der Waals surface area contributed by atoms with Crippen LogP contribution in [0.3, 0.4) is 0 Å². The number of aromatic nitrogens is 1. The van der Waals surface area contributed by atoms with E-state index in [1.807, 2.05) is 40.9 Å². The minimum Gasteiger partial charge on any atom is -0.444 e. The number of piperidine rings is 1. The number of nitrogens with one attached hydrogen (secondary N) is 1. The van der Waals surface area contributed by atoms with E-state index in [1.54, 1.807) is 4.90 Å². The SMILES string of the molecule is CN(C)C1(C)CN(c2nc3c(F)c(Br)c(I)cc3c(NC3CCN(C(=O)OC(C)(C)C)C(CC#N)C3)c2N)C1. The minimum atomic E-state index is -0.626. The molecule has 4 rings (SSSR count). The number of hydrogen-bond donors (Lipinski definition) is 2. The van der Waals surface area contributed by atoms with Crippen LogP contribution in [0, 0.1) is 20.7 Å². The molecule has 1 aromatic carbocycles. The molecule has 0 aliphatic carbocycles. The van der Waals surface area contributed by atoms with Gasteiger partial charge in [0.2, 0.25) is 0 Å². The summed E-state index contributed by atoms with van der Waals surface area (Å²) in [5.74, 6) is 0.121. The Hall–Kier alpha value is -2.11. The van der Waals surface area contributed by atoms with Crippen LogP contribution in [0.2, 0.25) is 0 Å². The van der Waals surface area contributed by atoms with Crippen LogP contribution in [0.1, 0.15) is 47.0 Å². The fourth-order valence-corrected chi connectivity index (χ4v) is 6.01. The number of likely N-dealkylation sites (tertiary alicyclic amines) is 1. The number of amides is 1. The Morgan fingerprint density at radius 2 is 2.10 bits per heavy atom. The first-order chi connectivity index (χ1) is 18.1. The zero-order valence-corrected chi connectivity index (χ0v) is 27.0. The van der Waals surface area contributed by atoms with Gasteiger partial charge in [-0.3, -0.25) is 0 Å². The summed E-state index contributed by atoms with van der Waals surface area (Å²) in [5.41, 5.74) is 7.45. The molecule has 0 bridgehead atoms. The van der Waals surface area contributed by atoms with Gasteiger partial charge >= 0.3 is 6.09 Å². The number of carbonyl (C=O) groups is 1. The average Bonchev–Trinajstić information content (AvgIpc) is 2.82. The normalized spacial score (nSPS) is 21.1. The smallest absolute Gasteiger partial charge is 0.410 e. The number of halogens is 3. The van der Waals surface area contributed by atoms with E-state index < -0.39 is 17.5 Å². The van der Waals surface area contributed by atoms with Gasteiger partial charge in [-0.15, -0.1) is 0 Å². The molecule has 1 aromatic heterocycles. The first kappa shape index (κ1) is 29.9. The van der Waals surface area contributed by atoms with Crippen molar-refractivity contribution in [2.24, 2.45) is 0 Å². The summed E-state index contributed by atoms with van der Waals surface area (Å²) in [6.45, 7) is 9.51. The van der Waals surface area contributed by atoms with Crippen LogP contribution < -0.4 is 16.0 Å². The number of nitriles is 1. The molecule has 0 spiro atoms. The highest BCUT2D eigenvalue weighted by molar-refractivity contribution is 14.1. The van der Waals surface area contributed by atoms with Gasteiger partial charge in [0.05, 0.1) is 33.9 Å². The molecule has 2 fully saturated rings. The summed E-state index contributed by atoms with van der Waals surface area (Å²) < 4.78 is 22.2. The molecule has 2 aromatic rings. The van der Waals surface area contributed by atoms with Crippen molar-refractivity contribution in [2.45, 2.75) is 70.2 Å². The molecule has 2 aliphatic heterocycles. The Morgan fingerprint density at radius 1 is 1.44 bits per heavy atom. The van der Waals surface area contributed by atoms with Crippen molar-refractivity contribution in [3.63, 3.8) is 0 Å². The van der Waals surface area contributed by atoms with Crippen molar-refractivity contribution in [1.82, 2.24) is 14.8 Å². The van der Waals surface area contributed by atoms with E-state index in [4.69, 9.17) is 15.5 Å². The monoisotopic (exact) mass is 715 g/mol. The van der Waals surface area contributed by atoms with E-state index >= 15 is 4.39 Å². The van der Waals surface area contributed by atoms with Crippen LogP contribution in [0.4, 0.5) is 26.4 Å². The van der Waals surface area contributed by atoms with Crippen LogP contribution in [-0.2, 0) is 4.74 Å². The first-order valence-corrected chi connectivity index (χ1v) is 14.8. The molecule has 9 nitrogen and oxygen atoms in total. The fourth-order valence-electron chi connectivity index (χ4n) is 5.16. The molecular weight excluding hydrogens is 680 g/mol. The highest BCUT2D eigenvalue weighted by Crippen LogP contribution is 2.43. The van der Waals surface area contributed by atoms with Gasteiger partial charge in [-0.1, -0.05) is 0 Å². The third-order valence-electron chi connectivity index (χ3n) is 7.60. The van der Waals surface area contributed by atoms with Crippen LogP contribution >= 0.6 is 38.5 Å². The molecule has 2 aliphatic rings. The lowest BCUT2D eigenvalue weighted by molar-refractivity contribution is 0.00953. The molecule has 0 radical (unpaired) electrons. The molecule has 1 amide bonds. The van der Waals surface area contributed by atoms with E-state index in [9.17, 15) is 10.1 Å². The number of hydrogen-bond acceptors (Lipinski definition) is 8. The van der Waals surface area contributed by atoms with E-state index in [0.717, 1.165) is 0 Å². The number of nitrogens with two attached hydrogens (primary N) is 1. The summed E-state index contributed by atoms with van der Waals surface area (Å²) in [5, 5.41) is 13.7.